The molecule has 2 nitrogen and oxygen atoms in total. The first-order valence-corrected chi connectivity index (χ1v) is 6.60. The van der Waals surface area contributed by atoms with E-state index in [1.807, 2.05) is 12.1 Å². The van der Waals surface area contributed by atoms with Crippen LogP contribution in [0.4, 0.5) is 11.4 Å². The Kier molecular flexibility index (Phi) is 3.15. The Labute approximate surface area is 106 Å². The molecule has 0 heterocycles. The van der Waals surface area contributed by atoms with E-state index in [9.17, 15) is 0 Å². The fourth-order valence-electron chi connectivity index (χ4n) is 2.44. The van der Waals surface area contributed by atoms with Gasteiger partial charge in [0.2, 0.25) is 0 Å². The average Bonchev–Trinajstić information content (AvgIpc) is 2.52. The van der Waals surface area contributed by atoms with Crippen LogP contribution in [0.3, 0.4) is 0 Å². The molecule has 0 amide bonds. The van der Waals surface area contributed by atoms with E-state index in [2.05, 4.69) is 41.2 Å². The lowest BCUT2D eigenvalue weighted by Crippen LogP contribution is -2.31. The maximum Gasteiger partial charge on any atom is 0.0587 e. The van der Waals surface area contributed by atoms with E-state index in [0.29, 0.717) is 11.5 Å². The SMILES string of the molecule is CC1(C)CCCC1Nc1cc(Br)ccc1N. The third-order valence-electron chi connectivity index (χ3n) is 3.60. The summed E-state index contributed by atoms with van der Waals surface area (Å²) in [4.78, 5) is 0. The Morgan fingerprint density at radius 1 is 1.44 bits per heavy atom. The number of hydrogen-bond acceptors (Lipinski definition) is 2. The molecule has 1 aromatic rings. The van der Waals surface area contributed by atoms with Crippen molar-refractivity contribution in [3.63, 3.8) is 0 Å². The molecule has 0 bridgehead atoms. The Morgan fingerprint density at radius 2 is 2.19 bits per heavy atom. The predicted octanol–water partition coefficient (Wildman–Crippen LogP) is 4.02. The van der Waals surface area contributed by atoms with Crippen molar-refractivity contribution in [1.29, 1.82) is 0 Å². The second-order valence-corrected chi connectivity index (χ2v) is 6.22. The van der Waals surface area contributed by atoms with Gasteiger partial charge in [-0.05, 0) is 36.5 Å². The molecular weight excluding hydrogens is 264 g/mol. The van der Waals surface area contributed by atoms with Crippen molar-refractivity contribution in [2.45, 2.75) is 39.2 Å². The highest BCUT2D eigenvalue weighted by molar-refractivity contribution is 9.10. The van der Waals surface area contributed by atoms with E-state index >= 15 is 0 Å². The second-order valence-electron chi connectivity index (χ2n) is 5.31. The summed E-state index contributed by atoms with van der Waals surface area (Å²) >= 11 is 3.48. The monoisotopic (exact) mass is 282 g/mol. The van der Waals surface area contributed by atoms with Crippen molar-refractivity contribution in [2.75, 3.05) is 11.1 Å². The molecular formula is C13H19BrN2. The smallest absolute Gasteiger partial charge is 0.0587 e. The summed E-state index contributed by atoms with van der Waals surface area (Å²) in [6.07, 6.45) is 3.83. The highest BCUT2D eigenvalue weighted by Crippen LogP contribution is 2.40. The lowest BCUT2D eigenvalue weighted by molar-refractivity contribution is 0.350. The van der Waals surface area contributed by atoms with Crippen molar-refractivity contribution in [3.8, 4) is 0 Å². The molecule has 3 heteroatoms. The van der Waals surface area contributed by atoms with Crippen LogP contribution >= 0.6 is 15.9 Å². The number of nitrogens with one attached hydrogen (secondary N) is 1. The normalized spacial score (nSPS) is 23.3. The van der Waals surface area contributed by atoms with E-state index < -0.39 is 0 Å². The van der Waals surface area contributed by atoms with Gasteiger partial charge in [0.15, 0.2) is 0 Å². The topological polar surface area (TPSA) is 38.0 Å². The lowest BCUT2D eigenvalue weighted by Gasteiger charge is -2.29. The summed E-state index contributed by atoms with van der Waals surface area (Å²) in [6, 6.07) is 6.50. The van der Waals surface area contributed by atoms with Crippen LogP contribution in [-0.2, 0) is 0 Å². The third-order valence-corrected chi connectivity index (χ3v) is 4.10. The van der Waals surface area contributed by atoms with E-state index in [0.717, 1.165) is 15.8 Å². The molecule has 1 aromatic carbocycles. The number of anilines is 2. The zero-order valence-corrected chi connectivity index (χ0v) is 11.5. The highest BCUT2D eigenvalue weighted by Gasteiger charge is 2.34. The van der Waals surface area contributed by atoms with Gasteiger partial charge in [0.05, 0.1) is 11.4 Å². The van der Waals surface area contributed by atoms with Gasteiger partial charge >= 0.3 is 0 Å². The van der Waals surface area contributed by atoms with Crippen molar-refractivity contribution in [2.24, 2.45) is 5.41 Å². The molecule has 16 heavy (non-hydrogen) atoms. The maximum atomic E-state index is 5.97. The van der Waals surface area contributed by atoms with Gasteiger partial charge < -0.3 is 11.1 Å². The van der Waals surface area contributed by atoms with Gasteiger partial charge in [0.25, 0.3) is 0 Å². The van der Waals surface area contributed by atoms with Gasteiger partial charge in [-0.25, -0.2) is 0 Å². The number of hydrogen-bond donors (Lipinski definition) is 2. The number of rotatable bonds is 2. The van der Waals surface area contributed by atoms with E-state index in [4.69, 9.17) is 5.73 Å². The van der Waals surface area contributed by atoms with Crippen LogP contribution < -0.4 is 11.1 Å². The van der Waals surface area contributed by atoms with Crippen LogP contribution in [0.15, 0.2) is 22.7 Å². The molecule has 1 aliphatic rings. The van der Waals surface area contributed by atoms with Gasteiger partial charge in [-0.15, -0.1) is 0 Å². The van der Waals surface area contributed by atoms with Crippen LogP contribution in [-0.4, -0.2) is 6.04 Å². The molecule has 1 fully saturated rings. The summed E-state index contributed by atoms with van der Waals surface area (Å²) in [6.45, 7) is 4.65. The minimum absolute atomic E-state index is 0.370. The first kappa shape index (κ1) is 11.8. The maximum absolute atomic E-state index is 5.97. The quantitative estimate of drug-likeness (QED) is 0.804. The fraction of sp³-hybridized carbons (Fsp3) is 0.538. The molecule has 0 aliphatic heterocycles. The highest BCUT2D eigenvalue weighted by atomic mass is 79.9. The summed E-state index contributed by atoms with van der Waals surface area (Å²) in [5, 5.41) is 3.59. The molecule has 1 atom stereocenters. The van der Waals surface area contributed by atoms with E-state index in [-0.39, 0.29) is 0 Å². The fourth-order valence-corrected chi connectivity index (χ4v) is 2.80. The van der Waals surface area contributed by atoms with Crippen LogP contribution in [0, 0.1) is 5.41 Å². The van der Waals surface area contributed by atoms with Gasteiger partial charge in [-0.3, -0.25) is 0 Å². The zero-order chi connectivity index (χ0) is 11.8. The Bertz CT molecular complexity index is 388. The first-order valence-electron chi connectivity index (χ1n) is 5.80. The number of benzene rings is 1. The molecule has 2 rings (SSSR count). The van der Waals surface area contributed by atoms with Gasteiger partial charge in [-0.1, -0.05) is 36.2 Å². The van der Waals surface area contributed by atoms with Gasteiger partial charge in [0.1, 0.15) is 0 Å². The summed E-state index contributed by atoms with van der Waals surface area (Å²) < 4.78 is 1.07. The Balaban J connectivity index is 2.17. The van der Waals surface area contributed by atoms with Crippen LogP contribution in [0.2, 0.25) is 0 Å². The molecule has 0 saturated heterocycles. The standard InChI is InChI=1S/C13H19BrN2/c1-13(2)7-3-4-12(13)16-11-8-9(14)5-6-10(11)15/h5-6,8,12,16H,3-4,7,15H2,1-2H3. The Morgan fingerprint density at radius 3 is 2.81 bits per heavy atom. The molecule has 3 N–H and O–H groups in total. The number of nitrogen functional groups attached to an aromatic ring is 1. The third kappa shape index (κ3) is 2.34. The second kappa shape index (κ2) is 4.28. The van der Waals surface area contributed by atoms with Crippen molar-refractivity contribution >= 4 is 27.3 Å². The van der Waals surface area contributed by atoms with Crippen LogP contribution in [0.5, 0.6) is 0 Å². The number of halogens is 1. The van der Waals surface area contributed by atoms with Crippen molar-refractivity contribution < 1.29 is 0 Å². The molecule has 1 aliphatic carbocycles. The summed E-state index contributed by atoms with van der Waals surface area (Å²) in [5.41, 5.74) is 8.22. The van der Waals surface area contributed by atoms with Crippen molar-refractivity contribution in [3.05, 3.63) is 22.7 Å². The predicted molar refractivity (Wildman–Crippen MR) is 73.6 cm³/mol. The summed E-state index contributed by atoms with van der Waals surface area (Å²) in [7, 11) is 0. The number of nitrogens with two attached hydrogens (primary N) is 1. The van der Waals surface area contributed by atoms with E-state index in [1.54, 1.807) is 0 Å². The first-order chi connectivity index (χ1) is 7.49. The Hall–Kier alpha value is -0.700. The molecule has 1 unspecified atom stereocenters. The van der Waals surface area contributed by atoms with Gasteiger partial charge in [-0.2, -0.15) is 0 Å². The zero-order valence-electron chi connectivity index (χ0n) is 9.89. The molecule has 1 saturated carbocycles. The minimum Gasteiger partial charge on any atom is -0.397 e. The molecule has 0 spiro atoms. The molecule has 0 aromatic heterocycles. The van der Waals surface area contributed by atoms with Gasteiger partial charge in [0, 0.05) is 10.5 Å². The molecule has 0 radical (unpaired) electrons. The summed E-state index contributed by atoms with van der Waals surface area (Å²) in [5.74, 6) is 0. The van der Waals surface area contributed by atoms with Crippen LogP contribution in [0.25, 0.3) is 0 Å². The average molecular weight is 283 g/mol. The van der Waals surface area contributed by atoms with Crippen molar-refractivity contribution in [1.82, 2.24) is 0 Å². The minimum atomic E-state index is 0.370. The largest absolute Gasteiger partial charge is 0.397 e. The van der Waals surface area contributed by atoms with Crippen LogP contribution in [0.1, 0.15) is 33.1 Å². The van der Waals surface area contributed by atoms with E-state index in [1.165, 1.54) is 19.3 Å². The lowest BCUT2D eigenvalue weighted by atomic mass is 9.87. The molecule has 88 valence electrons.